The minimum absolute atomic E-state index is 0.0246. The summed E-state index contributed by atoms with van der Waals surface area (Å²) in [5, 5.41) is 2.73. The molecule has 3 rings (SSSR count). The van der Waals surface area contributed by atoms with Gasteiger partial charge >= 0.3 is 0 Å². The van der Waals surface area contributed by atoms with Crippen LogP contribution in [0.3, 0.4) is 0 Å². The van der Waals surface area contributed by atoms with Gasteiger partial charge < -0.3 is 14.5 Å². The Morgan fingerprint density at radius 3 is 2.81 bits per heavy atom. The first kappa shape index (κ1) is 23.2. The number of rotatable bonds is 11. The van der Waals surface area contributed by atoms with Crippen LogP contribution in [0.1, 0.15) is 36.8 Å². The second-order valence-corrected chi connectivity index (χ2v) is 9.10. The van der Waals surface area contributed by atoms with Crippen molar-refractivity contribution in [3.05, 3.63) is 60.2 Å². The number of carbonyl (C=O) groups excluding carboxylic acids is 1. The van der Waals surface area contributed by atoms with E-state index in [-0.39, 0.29) is 11.7 Å². The number of ether oxygens (including phenoxy) is 1. The molecular weight excluding hydrogens is 414 g/mol. The molecule has 1 amide bonds. The highest BCUT2D eigenvalue weighted by molar-refractivity contribution is 7.84. The first-order valence-electron chi connectivity index (χ1n) is 10.8. The van der Waals surface area contributed by atoms with Crippen molar-refractivity contribution >= 4 is 16.7 Å². The van der Waals surface area contributed by atoms with Crippen LogP contribution < -0.4 is 10.1 Å². The second kappa shape index (κ2) is 13.1. The number of pyridine rings is 1. The number of nitrogens with zero attached hydrogens (tertiary/aromatic N) is 2. The summed E-state index contributed by atoms with van der Waals surface area (Å²) in [5.41, 5.74) is 2.04. The molecule has 1 unspecified atom stereocenters. The normalized spacial score (nSPS) is 16.1. The van der Waals surface area contributed by atoms with Gasteiger partial charge in [-0.1, -0.05) is 18.9 Å². The van der Waals surface area contributed by atoms with Crippen LogP contribution in [-0.2, 0) is 27.9 Å². The molecule has 2 aromatic heterocycles. The Labute approximate surface area is 186 Å². The molecule has 8 heteroatoms. The van der Waals surface area contributed by atoms with Crippen LogP contribution in [0.4, 0.5) is 0 Å². The summed E-state index contributed by atoms with van der Waals surface area (Å²) in [4.78, 5) is 18.6. The molecule has 1 N–H and O–H groups in total. The first-order chi connectivity index (χ1) is 15.2. The fraction of sp³-hybridized carbons (Fsp3) is 0.478. The number of nitrogens with one attached hydrogen (secondary N) is 1. The van der Waals surface area contributed by atoms with Gasteiger partial charge in [-0.3, -0.25) is 13.9 Å². The average Bonchev–Trinajstić information content (AvgIpc) is 3.12. The highest BCUT2D eigenvalue weighted by Crippen LogP contribution is 2.15. The van der Waals surface area contributed by atoms with Crippen LogP contribution in [0.25, 0.3) is 0 Å². The van der Waals surface area contributed by atoms with Crippen molar-refractivity contribution < 1.29 is 18.2 Å². The van der Waals surface area contributed by atoms with Crippen LogP contribution >= 0.6 is 0 Å². The molecule has 0 spiro atoms. The van der Waals surface area contributed by atoms with E-state index >= 15 is 0 Å². The van der Waals surface area contributed by atoms with Gasteiger partial charge in [-0.25, -0.2) is 4.98 Å². The van der Waals surface area contributed by atoms with Gasteiger partial charge in [0.25, 0.3) is 0 Å². The van der Waals surface area contributed by atoms with Crippen molar-refractivity contribution in [1.29, 1.82) is 0 Å². The highest BCUT2D eigenvalue weighted by Gasteiger charge is 2.10. The minimum Gasteiger partial charge on any atom is -0.473 e. The van der Waals surface area contributed by atoms with Gasteiger partial charge in [0.15, 0.2) is 0 Å². The van der Waals surface area contributed by atoms with Crippen molar-refractivity contribution in [2.45, 2.75) is 38.0 Å². The third-order valence-corrected chi connectivity index (χ3v) is 6.25. The molecule has 3 heterocycles. The van der Waals surface area contributed by atoms with Gasteiger partial charge in [0, 0.05) is 41.7 Å². The van der Waals surface area contributed by atoms with E-state index in [1.54, 1.807) is 12.3 Å². The summed E-state index contributed by atoms with van der Waals surface area (Å²) in [6.07, 6.45) is 13.7. The predicted octanol–water partition coefficient (Wildman–Crippen LogP) is 3.05. The lowest BCUT2D eigenvalue weighted by atomic mass is 10.2. The number of likely N-dealkylation sites (tertiary alicyclic amines) is 1. The average molecular weight is 446 g/mol. The predicted molar refractivity (Wildman–Crippen MR) is 121 cm³/mol. The van der Waals surface area contributed by atoms with Crippen LogP contribution in [0.2, 0.25) is 0 Å². The van der Waals surface area contributed by atoms with E-state index in [1.165, 1.54) is 43.8 Å². The standard InChI is InChI=1S/C23H31N3O4S/c27-22(19-31(28)18-21-8-14-29-17-21)24-9-3-6-13-30-23-15-20(7-10-25-23)16-26-11-4-1-2-5-12-26/h3,6-8,10,14-15,17H,1-2,4-5,9,11-13,16,18-19H2,(H,24,27)/b6-3+. The number of hydrogen-bond donors (Lipinski definition) is 1. The van der Waals surface area contributed by atoms with Gasteiger partial charge in [-0.2, -0.15) is 0 Å². The van der Waals surface area contributed by atoms with Gasteiger partial charge in [0.1, 0.15) is 12.4 Å². The SMILES string of the molecule is O=C(CS(=O)Cc1ccoc1)NC/C=C/COc1cc(CN2CCCCCC2)ccn1. The molecular formula is C23H31N3O4S. The van der Waals surface area contributed by atoms with Crippen LogP contribution in [0.15, 0.2) is 53.5 Å². The Balaban J connectivity index is 1.31. The molecule has 2 aromatic rings. The molecule has 0 aromatic carbocycles. The zero-order valence-corrected chi connectivity index (χ0v) is 18.6. The molecule has 1 saturated heterocycles. The summed E-state index contributed by atoms with van der Waals surface area (Å²) in [5.74, 6) is 0.659. The van der Waals surface area contributed by atoms with Crippen molar-refractivity contribution in [1.82, 2.24) is 15.2 Å². The van der Waals surface area contributed by atoms with Gasteiger partial charge in [0.2, 0.25) is 11.8 Å². The Kier molecular flexibility index (Phi) is 9.79. The molecule has 1 fully saturated rings. The van der Waals surface area contributed by atoms with Crippen molar-refractivity contribution in [2.24, 2.45) is 0 Å². The van der Waals surface area contributed by atoms with E-state index in [1.807, 2.05) is 24.3 Å². The molecule has 1 aliphatic rings. The third kappa shape index (κ3) is 9.06. The number of hydrogen-bond acceptors (Lipinski definition) is 6. The van der Waals surface area contributed by atoms with Crippen molar-refractivity contribution in [3.8, 4) is 5.88 Å². The van der Waals surface area contributed by atoms with Gasteiger partial charge in [-0.15, -0.1) is 0 Å². The number of furan rings is 1. The fourth-order valence-electron chi connectivity index (χ4n) is 3.45. The summed E-state index contributed by atoms with van der Waals surface area (Å²) < 4.78 is 22.6. The minimum atomic E-state index is -1.25. The van der Waals surface area contributed by atoms with Crippen molar-refractivity contribution in [2.75, 3.05) is 32.0 Å². The molecule has 168 valence electrons. The lowest BCUT2D eigenvalue weighted by Gasteiger charge is -2.19. The Morgan fingerprint density at radius 2 is 2.03 bits per heavy atom. The van der Waals surface area contributed by atoms with Crippen LogP contribution in [0, 0.1) is 0 Å². The number of amides is 1. The summed E-state index contributed by atoms with van der Waals surface area (Å²) in [6, 6.07) is 5.79. The molecule has 7 nitrogen and oxygen atoms in total. The maximum Gasteiger partial charge on any atom is 0.232 e. The van der Waals surface area contributed by atoms with E-state index < -0.39 is 10.8 Å². The molecule has 0 saturated carbocycles. The molecule has 0 aliphatic carbocycles. The largest absolute Gasteiger partial charge is 0.473 e. The van der Waals surface area contributed by atoms with Crippen molar-refractivity contribution in [3.63, 3.8) is 0 Å². The lowest BCUT2D eigenvalue weighted by molar-refractivity contribution is -0.118. The third-order valence-electron chi connectivity index (χ3n) is 5.02. The van der Waals surface area contributed by atoms with E-state index in [0.29, 0.717) is 24.8 Å². The summed E-state index contributed by atoms with van der Waals surface area (Å²) in [7, 11) is -1.25. The van der Waals surface area contributed by atoms with E-state index in [9.17, 15) is 9.00 Å². The number of aromatic nitrogens is 1. The molecule has 0 radical (unpaired) electrons. The van der Waals surface area contributed by atoms with Gasteiger partial charge in [0.05, 0.1) is 18.3 Å². The summed E-state index contributed by atoms with van der Waals surface area (Å²) >= 11 is 0. The van der Waals surface area contributed by atoms with Crippen LogP contribution in [0.5, 0.6) is 5.88 Å². The van der Waals surface area contributed by atoms with E-state index in [0.717, 1.165) is 25.2 Å². The zero-order chi connectivity index (χ0) is 21.7. The molecule has 31 heavy (non-hydrogen) atoms. The van der Waals surface area contributed by atoms with E-state index in [4.69, 9.17) is 9.15 Å². The first-order valence-corrected chi connectivity index (χ1v) is 12.3. The highest BCUT2D eigenvalue weighted by atomic mass is 32.2. The van der Waals surface area contributed by atoms with Gasteiger partial charge in [-0.05, 0) is 49.7 Å². The lowest BCUT2D eigenvalue weighted by Crippen LogP contribution is -2.28. The molecule has 1 atom stereocenters. The zero-order valence-electron chi connectivity index (χ0n) is 17.8. The maximum atomic E-state index is 11.9. The van der Waals surface area contributed by atoms with E-state index in [2.05, 4.69) is 15.2 Å². The quantitative estimate of drug-likeness (QED) is 0.535. The Morgan fingerprint density at radius 1 is 1.19 bits per heavy atom. The maximum absolute atomic E-state index is 11.9. The molecule has 1 aliphatic heterocycles. The fourth-order valence-corrected chi connectivity index (χ4v) is 4.48. The second-order valence-electron chi connectivity index (χ2n) is 7.64. The topological polar surface area (TPSA) is 84.7 Å². The number of carbonyl (C=O) groups is 1. The monoisotopic (exact) mass is 445 g/mol. The smallest absolute Gasteiger partial charge is 0.232 e. The summed E-state index contributed by atoms with van der Waals surface area (Å²) in [6.45, 7) is 3.99. The Bertz CT molecular complexity index is 846. The molecule has 0 bridgehead atoms. The Hall–Kier alpha value is -2.45. The van der Waals surface area contributed by atoms with Crippen LogP contribution in [-0.4, -0.2) is 52.0 Å².